The van der Waals surface area contributed by atoms with Crippen LogP contribution in [0.15, 0.2) is 34.9 Å². The van der Waals surface area contributed by atoms with E-state index in [1.807, 2.05) is 24.0 Å². The number of furan rings is 1. The number of carbonyl (C=O) groups excluding carboxylic acids is 1. The topological polar surface area (TPSA) is 36.7 Å². The quantitative estimate of drug-likeness (QED) is 0.870. The zero-order valence-electron chi connectivity index (χ0n) is 13.6. The van der Waals surface area contributed by atoms with Gasteiger partial charge in [-0.2, -0.15) is 0 Å². The van der Waals surface area contributed by atoms with Crippen LogP contribution in [0.5, 0.6) is 0 Å². The van der Waals surface area contributed by atoms with Gasteiger partial charge in [-0.05, 0) is 36.6 Å². The number of carbonyl (C=O) groups is 1. The Hall–Kier alpha value is -1.81. The molecule has 0 unspecified atom stereocenters. The van der Waals surface area contributed by atoms with Crippen LogP contribution in [0.3, 0.4) is 0 Å². The number of nitrogens with zero attached hydrogens (tertiary/aromatic N) is 2. The molecule has 4 heteroatoms. The molecule has 2 aromatic rings. The third-order valence-corrected chi connectivity index (χ3v) is 4.36. The lowest BCUT2D eigenvalue weighted by atomic mass is 10.1. The highest BCUT2D eigenvalue weighted by Crippen LogP contribution is 2.20. The molecular formula is C18H24N2O2. The van der Waals surface area contributed by atoms with Crippen LogP contribution in [-0.4, -0.2) is 41.4 Å². The molecule has 1 aromatic heterocycles. The van der Waals surface area contributed by atoms with Crippen molar-refractivity contribution < 1.29 is 9.21 Å². The van der Waals surface area contributed by atoms with Crippen LogP contribution in [0.2, 0.25) is 0 Å². The van der Waals surface area contributed by atoms with E-state index in [0.29, 0.717) is 5.92 Å². The van der Waals surface area contributed by atoms with Crippen LogP contribution in [0, 0.1) is 5.92 Å². The first-order valence-corrected chi connectivity index (χ1v) is 8.03. The maximum atomic E-state index is 12.5. The first-order valence-electron chi connectivity index (χ1n) is 8.03. The van der Waals surface area contributed by atoms with Crippen molar-refractivity contribution >= 4 is 16.9 Å². The lowest BCUT2D eigenvalue weighted by Crippen LogP contribution is -2.56. The highest BCUT2D eigenvalue weighted by atomic mass is 16.3. The summed E-state index contributed by atoms with van der Waals surface area (Å²) < 4.78 is 5.38. The number of hydrogen-bond donors (Lipinski definition) is 0. The van der Waals surface area contributed by atoms with Gasteiger partial charge < -0.3 is 9.32 Å². The van der Waals surface area contributed by atoms with Gasteiger partial charge in [0.2, 0.25) is 5.91 Å². The molecule has 1 fully saturated rings. The number of benzene rings is 1. The smallest absolute Gasteiger partial charge is 0.239 e. The Balaban J connectivity index is 1.69. The molecule has 1 saturated heterocycles. The Morgan fingerprint density at radius 1 is 1.27 bits per heavy atom. The van der Waals surface area contributed by atoms with Crippen molar-refractivity contribution in [2.24, 2.45) is 5.92 Å². The predicted molar refractivity (Wildman–Crippen MR) is 87.5 cm³/mol. The maximum absolute atomic E-state index is 12.5. The van der Waals surface area contributed by atoms with Gasteiger partial charge in [0.15, 0.2) is 0 Å². The molecule has 1 amide bonds. The van der Waals surface area contributed by atoms with E-state index in [0.717, 1.165) is 37.1 Å². The monoisotopic (exact) mass is 300 g/mol. The van der Waals surface area contributed by atoms with Crippen molar-refractivity contribution in [3.05, 3.63) is 36.1 Å². The lowest BCUT2D eigenvalue weighted by Gasteiger charge is -2.39. The molecule has 3 rings (SSSR count). The van der Waals surface area contributed by atoms with Gasteiger partial charge in [-0.15, -0.1) is 0 Å². The summed E-state index contributed by atoms with van der Waals surface area (Å²) in [7, 11) is 0. The summed E-state index contributed by atoms with van der Waals surface area (Å²) in [5, 5.41) is 1.12. The summed E-state index contributed by atoms with van der Waals surface area (Å²) in [5.74, 6) is 0.774. The summed E-state index contributed by atoms with van der Waals surface area (Å²) in [6.45, 7) is 9.76. The molecule has 118 valence electrons. The lowest BCUT2D eigenvalue weighted by molar-refractivity contribution is -0.141. The Morgan fingerprint density at radius 2 is 2.09 bits per heavy atom. The molecule has 0 N–H and O–H groups in total. The van der Waals surface area contributed by atoms with Gasteiger partial charge in [-0.25, -0.2) is 0 Å². The first kappa shape index (κ1) is 15.1. The molecule has 1 aliphatic heterocycles. The highest BCUT2D eigenvalue weighted by molar-refractivity contribution is 5.82. The number of amides is 1. The van der Waals surface area contributed by atoms with E-state index in [2.05, 4.69) is 30.9 Å². The van der Waals surface area contributed by atoms with Gasteiger partial charge in [0.05, 0.1) is 12.3 Å². The average Bonchev–Trinajstić information content (AvgIpc) is 2.94. The van der Waals surface area contributed by atoms with Gasteiger partial charge in [-0.3, -0.25) is 9.69 Å². The molecule has 1 atom stereocenters. The minimum Gasteiger partial charge on any atom is -0.464 e. The molecule has 1 aromatic carbocycles. The van der Waals surface area contributed by atoms with Gasteiger partial charge in [0.25, 0.3) is 0 Å². The summed E-state index contributed by atoms with van der Waals surface area (Å²) in [6, 6.07) is 8.17. The van der Waals surface area contributed by atoms with Crippen molar-refractivity contribution in [2.45, 2.75) is 33.4 Å². The molecule has 0 radical (unpaired) electrons. The number of fused-ring (bicyclic) bond motifs is 1. The standard InChI is InChI=1S/C18H24N2O2/c1-13(2)11-20-8-7-19(14(3)18(20)21)12-15-4-5-17-16(10-15)6-9-22-17/h4-6,9-10,13-14H,7-8,11-12H2,1-3H3/t14-/m1/s1. The van der Waals surface area contributed by atoms with Crippen LogP contribution < -0.4 is 0 Å². The van der Waals surface area contributed by atoms with Crippen LogP contribution in [0.1, 0.15) is 26.3 Å². The minimum atomic E-state index is -0.0486. The second kappa shape index (κ2) is 6.13. The molecule has 4 nitrogen and oxygen atoms in total. The molecule has 22 heavy (non-hydrogen) atoms. The van der Waals surface area contributed by atoms with Crippen LogP contribution in [-0.2, 0) is 11.3 Å². The molecule has 0 aliphatic carbocycles. The van der Waals surface area contributed by atoms with E-state index < -0.39 is 0 Å². The number of piperazine rings is 1. The van der Waals surface area contributed by atoms with Crippen LogP contribution in [0.25, 0.3) is 11.0 Å². The second-order valence-electron chi connectivity index (χ2n) is 6.62. The van der Waals surface area contributed by atoms with Crippen LogP contribution in [0.4, 0.5) is 0 Å². The third-order valence-electron chi connectivity index (χ3n) is 4.36. The first-order chi connectivity index (χ1) is 10.5. The third kappa shape index (κ3) is 3.02. The van der Waals surface area contributed by atoms with Crippen molar-refractivity contribution in [3.63, 3.8) is 0 Å². The predicted octanol–water partition coefficient (Wildman–Crippen LogP) is 3.12. The molecule has 0 saturated carbocycles. The van der Waals surface area contributed by atoms with E-state index in [9.17, 15) is 4.79 Å². The van der Waals surface area contributed by atoms with E-state index in [1.165, 1.54) is 5.56 Å². The van der Waals surface area contributed by atoms with Crippen molar-refractivity contribution in [1.29, 1.82) is 0 Å². The summed E-state index contributed by atoms with van der Waals surface area (Å²) in [4.78, 5) is 16.8. The Kier molecular flexibility index (Phi) is 4.21. The van der Waals surface area contributed by atoms with Gasteiger partial charge in [0, 0.05) is 31.6 Å². The van der Waals surface area contributed by atoms with Crippen molar-refractivity contribution in [1.82, 2.24) is 9.80 Å². The van der Waals surface area contributed by atoms with E-state index in [4.69, 9.17) is 4.42 Å². The van der Waals surface area contributed by atoms with Crippen molar-refractivity contribution in [3.8, 4) is 0 Å². The van der Waals surface area contributed by atoms with Crippen LogP contribution >= 0.6 is 0 Å². The summed E-state index contributed by atoms with van der Waals surface area (Å²) in [6.07, 6.45) is 1.71. The zero-order valence-corrected chi connectivity index (χ0v) is 13.6. The normalized spacial score (nSPS) is 20.3. The fraction of sp³-hybridized carbons (Fsp3) is 0.500. The summed E-state index contributed by atoms with van der Waals surface area (Å²) in [5.41, 5.74) is 2.14. The van der Waals surface area contributed by atoms with E-state index in [-0.39, 0.29) is 11.9 Å². The fourth-order valence-electron chi connectivity index (χ4n) is 3.16. The van der Waals surface area contributed by atoms with Crippen molar-refractivity contribution in [2.75, 3.05) is 19.6 Å². The number of hydrogen-bond acceptors (Lipinski definition) is 3. The maximum Gasteiger partial charge on any atom is 0.239 e. The number of rotatable bonds is 4. The fourth-order valence-corrected chi connectivity index (χ4v) is 3.16. The molecule has 1 aliphatic rings. The zero-order chi connectivity index (χ0) is 15.7. The van der Waals surface area contributed by atoms with Gasteiger partial charge in [0.1, 0.15) is 5.58 Å². The molecule has 2 heterocycles. The Labute approximate surface area is 131 Å². The minimum absolute atomic E-state index is 0.0486. The second-order valence-corrected chi connectivity index (χ2v) is 6.62. The van der Waals surface area contributed by atoms with Gasteiger partial charge in [-0.1, -0.05) is 19.9 Å². The Morgan fingerprint density at radius 3 is 2.86 bits per heavy atom. The molecular weight excluding hydrogens is 276 g/mol. The Bertz CT molecular complexity index is 662. The summed E-state index contributed by atoms with van der Waals surface area (Å²) >= 11 is 0. The molecule has 0 bridgehead atoms. The van der Waals surface area contributed by atoms with Gasteiger partial charge >= 0.3 is 0 Å². The SMILES string of the molecule is CC(C)CN1CCN(Cc2ccc3occc3c2)[C@H](C)C1=O. The highest BCUT2D eigenvalue weighted by Gasteiger charge is 2.31. The largest absolute Gasteiger partial charge is 0.464 e. The van der Waals surface area contributed by atoms with E-state index >= 15 is 0 Å². The molecule has 0 spiro atoms. The van der Waals surface area contributed by atoms with E-state index in [1.54, 1.807) is 6.26 Å². The average molecular weight is 300 g/mol.